The fourth-order valence-corrected chi connectivity index (χ4v) is 2.46. The quantitative estimate of drug-likeness (QED) is 0.657. The monoisotopic (exact) mass is 267 g/mol. The maximum atomic E-state index is 11.5. The molecule has 0 bridgehead atoms. The van der Waals surface area contributed by atoms with Crippen molar-refractivity contribution in [3.8, 4) is 0 Å². The highest BCUT2D eigenvalue weighted by molar-refractivity contribution is 6.33. The molecule has 0 radical (unpaired) electrons. The fraction of sp³-hybridized carbons (Fsp3) is 0.462. The van der Waals surface area contributed by atoms with Gasteiger partial charge in [0.2, 0.25) is 0 Å². The molecule has 98 valence electrons. The number of ketones is 1. The van der Waals surface area contributed by atoms with E-state index in [0.717, 1.165) is 31.9 Å². The van der Waals surface area contributed by atoms with Gasteiger partial charge in [0.1, 0.15) is 0 Å². The SMILES string of the molecule is CC(=O)c1cc(N2CCN(C)CC2)c(Cl)cc1N. The Balaban J connectivity index is 2.32. The molecule has 0 spiro atoms. The van der Waals surface area contributed by atoms with Crippen molar-refractivity contribution in [3.05, 3.63) is 22.7 Å². The Bertz CT molecular complexity index is 468. The van der Waals surface area contributed by atoms with Crippen LogP contribution in [0.25, 0.3) is 0 Å². The third-order valence-corrected chi connectivity index (χ3v) is 3.64. The molecule has 1 aromatic rings. The van der Waals surface area contributed by atoms with Gasteiger partial charge in [-0.2, -0.15) is 0 Å². The van der Waals surface area contributed by atoms with Crippen LogP contribution in [0.15, 0.2) is 12.1 Å². The van der Waals surface area contributed by atoms with E-state index in [1.807, 2.05) is 6.07 Å². The third-order valence-electron chi connectivity index (χ3n) is 3.34. The lowest BCUT2D eigenvalue weighted by atomic mass is 10.1. The number of benzene rings is 1. The number of carbonyl (C=O) groups excluding carboxylic acids is 1. The van der Waals surface area contributed by atoms with Crippen LogP contribution >= 0.6 is 11.6 Å². The van der Waals surface area contributed by atoms with E-state index < -0.39 is 0 Å². The average molecular weight is 268 g/mol. The van der Waals surface area contributed by atoms with Crippen LogP contribution in [0, 0.1) is 0 Å². The van der Waals surface area contributed by atoms with Crippen molar-refractivity contribution >= 4 is 28.8 Å². The fourth-order valence-electron chi connectivity index (χ4n) is 2.17. The second-order valence-corrected chi connectivity index (χ2v) is 5.14. The number of Topliss-reactive ketones (excluding diaryl/α,β-unsaturated/α-hetero) is 1. The lowest BCUT2D eigenvalue weighted by molar-refractivity contribution is 0.101. The van der Waals surface area contributed by atoms with Gasteiger partial charge in [0, 0.05) is 37.4 Å². The van der Waals surface area contributed by atoms with Crippen LogP contribution in [-0.4, -0.2) is 43.9 Å². The Morgan fingerprint density at radius 1 is 1.28 bits per heavy atom. The molecule has 0 aliphatic carbocycles. The molecule has 0 amide bonds. The molecule has 2 rings (SSSR count). The van der Waals surface area contributed by atoms with E-state index in [2.05, 4.69) is 16.8 Å². The molecule has 0 atom stereocenters. The zero-order chi connectivity index (χ0) is 13.3. The summed E-state index contributed by atoms with van der Waals surface area (Å²) in [6.07, 6.45) is 0. The minimum Gasteiger partial charge on any atom is -0.398 e. The van der Waals surface area contributed by atoms with Gasteiger partial charge < -0.3 is 15.5 Å². The van der Waals surface area contributed by atoms with E-state index in [0.29, 0.717) is 16.3 Å². The van der Waals surface area contributed by atoms with Gasteiger partial charge in [-0.25, -0.2) is 0 Å². The Morgan fingerprint density at radius 2 is 1.89 bits per heavy atom. The molecule has 1 aliphatic heterocycles. The zero-order valence-electron chi connectivity index (χ0n) is 10.7. The molecule has 5 heteroatoms. The first-order valence-electron chi connectivity index (χ1n) is 6.02. The number of nitrogens with zero attached hydrogens (tertiary/aromatic N) is 2. The molecule has 1 saturated heterocycles. The standard InChI is InChI=1S/C13H18ClN3O/c1-9(18)10-7-13(11(14)8-12(10)15)17-5-3-16(2)4-6-17/h7-8H,3-6,15H2,1-2H3. The van der Waals surface area contributed by atoms with E-state index in [1.165, 1.54) is 6.92 Å². The number of nitrogens with two attached hydrogens (primary N) is 1. The highest BCUT2D eigenvalue weighted by Crippen LogP contribution is 2.31. The second-order valence-electron chi connectivity index (χ2n) is 4.74. The third kappa shape index (κ3) is 2.60. The van der Waals surface area contributed by atoms with E-state index in [4.69, 9.17) is 17.3 Å². The van der Waals surface area contributed by atoms with Gasteiger partial charge in [-0.1, -0.05) is 11.6 Å². The number of rotatable bonds is 2. The van der Waals surface area contributed by atoms with Gasteiger partial charge >= 0.3 is 0 Å². The summed E-state index contributed by atoms with van der Waals surface area (Å²) in [5.74, 6) is -0.0282. The first kappa shape index (κ1) is 13.2. The minimum absolute atomic E-state index is 0.0282. The van der Waals surface area contributed by atoms with Crippen LogP contribution in [0.4, 0.5) is 11.4 Å². The summed E-state index contributed by atoms with van der Waals surface area (Å²) in [5.41, 5.74) is 7.72. The van der Waals surface area contributed by atoms with E-state index in [9.17, 15) is 4.79 Å². The number of hydrogen-bond acceptors (Lipinski definition) is 4. The smallest absolute Gasteiger partial charge is 0.161 e. The minimum atomic E-state index is -0.0282. The van der Waals surface area contributed by atoms with Crippen molar-refractivity contribution in [1.82, 2.24) is 4.90 Å². The first-order valence-corrected chi connectivity index (χ1v) is 6.40. The Kier molecular flexibility index (Phi) is 3.78. The predicted molar refractivity (Wildman–Crippen MR) is 75.6 cm³/mol. The van der Waals surface area contributed by atoms with Gasteiger partial charge in [-0.15, -0.1) is 0 Å². The number of nitrogen functional groups attached to an aromatic ring is 1. The molecular formula is C13H18ClN3O. The summed E-state index contributed by atoms with van der Waals surface area (Å²) in [4.78, 5) is 16.0. The summed E-state index contributed by atoms with van der Waals surface area (Å²) >= 11 is 6.23. The molecule has 0 unspecified atom stereocenters. The van der Waals surface area contributed by atoms with E-state index in [1.54, 1.807) is 6.07 Å². The molecule has 2 N–H and O–H groups in total. The second kappa shape index (κ2) is 5.16. The first-order chi connectivity index (χ1) is 8.49. The molecule has 0 aromatic heterocycles. The van der Waals surface area contributed by atoms with Crippen molar-refractivity contribution in [2.75, 3.05) is 43.9 Å². The highest BCUT2D eigenvalue weighted by Gasteiger charge is 2.19. The van der Waals surface area contributed by atoms with Crippen LogP contribution in [-0.2, 0) is 0 Å². The summed E-state index contributed by atoms with van der Waals surface area (Å²) in [7, 11) is 2.10. The van der Waals surface area contributed by atoms with Crippen LogP contribution in [0.2, 0.25) is 5.02 Å². The molecule has 1 heterocycles. The van der Waals surface area contributed by atoms with Gasteiger partial charge in [-0.3, -0.25) is 4.79 Å². The van der Waals surface area contributed by atoms with Crippen LogP contribution < -0.4 is 10.6 Å². The number of halogens is 1. The normalized spacial score (nSPS) is 16.9. The Hall–Kier alpha value is -1.26. The maximum Gasteiger partial charge on any atom is 0.161 e. The average Bonchev–Trinajstić information content (AvgIpc) is 2.30. The van der Waals surface area contributed by atoms with Crippen molar-refractivity contribution in [2.45, 2.75) is 6.92 Å². The van der Waals surface area contributed by atoms with Gasteiger partial charge in [-0.05, 0) is 26.1 Å². The van der Waals surface area contributed by atoms with Gasteiger partial charge in [0.25, 0.3) is 0 Å². The lowest BCUT2D eigenvalue weighted by Crippen LogP contribution is -2.44. The molecule has 1 aliphatic rings. The number of anilines is 2. The van der Waals surface area contributed by atoms with E-state index in [-0.39, 0.29) is 5.78 Å². The van der Waals surface area contributed by atoms with Gasteiger partial charge in [0.05, 0.1) is 10.7 Å². The zero-order valence-corrected chi connectivity index (χ0v) is 11.5. The summed E-state index contributed by atoms with van der Waals surface area (Å²) < 4.78 is 0. The molecule has 1 aromatic carbocycles. The van der Waals surface area contributed by atoms with Crippen molar-refractivity contribution in [3.63, 3.8) is 0 Å². The van der Waals surface area contributed by atoms with Gasteiger partial charge in [0.15, 0.2) is 5.78 Å². The van der Waals surface area contributed by atoms with Crippen molar-refractivity contribution in [2.24, 2.45) is 0 Å². The van der Waals surface area contributed by atoms with Crippen LogP contribution in [0.5, 0.6) is 0 Å². The predicted octanol–water partition coefficient (Wildman–Crippen LogP) is 1.88. The van der Waals surface area contributed by atoms with Crippen molar-refractivity contribution in [1.29, 1.82) is 0 Å². The molecule has 18 heavy (non-hydrogen) atoms. The molecule has 4 nitrogen and oxygen atoms in total. The number of likely N-dealkylation sites (N-methyl/N-ethyl adjacent to an activating group) is 1. The topological polar surface area (TPSA) is 49.6 Å². The largest absolute Gasteiger partial charge is 0.398 e. The highest BCUT2D eigenvalue weighted by atomic mass is 35.5. The number of hydrogen-bond donors (Lipinski definition) is 1. The molecular weight excluding hydrogens is 250 g/mol. The molecule has 0 saturated carbocycles. The van der Waals surface area contributed by atoms with Crippen LogP contribution in [0.3, 0.4) is 0 Å². The number of piperazine rings is 1. The summed E-state index contributed by atoms with van der Waals surface area (Å²) in [5, 5.41) is 0.613. The van der Waals surface area contributed by atoms with E-state index >= 15 is 0 Å². The Labute approximate surface area is 112 Å². The van der Waals surface area contributed by atoms with Crippen molar-refractivity contribution < 1.29 is 4.79 Å². The number of carbonyl (C=O) groups is 1. The molecule has 1 fully saturated rings. The maximum absolute atomic E-state index is 11.5. The lowest BCUT2D eigenvalue weighted by Gasteiger charge is -2.34. The van der Waals surface area contributed by atoms with Crippen LogP contribution in [0.1, 0.15) is 17.3 Å². The summed E-state index contributed by atoms with van der Waals surface area (Å²) in [6, 6.07) is 3.48. The summed E-state index contributed by atoms with van der Waals surface area (Å²) in [6.45, 7) is 5.34. The Morgan fingerprint density at radius 3 is 2.44 bits per heavy atom.